The van der Waals surface area contributed by atoms with E-state index in [-0.39, 0.29) is 22.3 Å². The molecule has 5 heterocycles. The zero-order chi connectivity index (χ0) is 35.9. The van der Waals surface area contributed by atoms with E-state index in [0.29, 0.717) is 18.3 Å². The molecule has 258 valence electrons. The molecule has 1 saturated heterocycles. The van der Waals surface area contributed by atoms with E-state index in [1.807, 2.05) is 40.4 Å². The molecule has 2 amide bonds. The van der Waals surface area contributed by atoms with Gasteiger partial charge in [0.2, 0.25) is 0 Å². The largest absolute Gasteiger partial charge is 0.503 e. The standard InChI is InChI=1S/C30H22Cl2N6O9S3/c31-16-9-15(19(32)23(41)22(16)40)30(28(45)46,17-12-50-29(33)35-17)47-34-10-18(39)36-20-24(42)38-21(27(43)44)14(11-49-26(20)38)4-2-7-37-6-1-3-13-5-8-48-25(13)37/h1-6,8-10,12,20,26H,7,11H2,(H6-,33,34,35,36,39,40,41,43,44,45,46)/p+1/t20?,26-,30?/m1/s1. The number of carbonyl (C=O) groups excluding carboxylic acids is 2. The van der Waals surface area contributed by atoms with Crippen LogP contribution in [0.2, 0.25) is 10.0 Å². The number of thiazole rings is 1. The molecule has 0 radical (unpaired) electrons. The van der Waals surface area contributed by atoms with Crippen LogP contribution in [0.15, 0.2) is 69.8 Å². The number of nitrogens with one attached hydrogen (secondary N) is 1. The van der Waals surface area contributed by atoms with Crippen molar-refractivity contribution in [2.75, 3.05) is 11.5 Å². The maximum absolute atomic E-state index is 13.2. The van der Waals surface area contributed by atoms with Crippen molar-refractivity contribution in [2.24, 2.45) is 5.16 Å². The summed E-state index contributed by atoms with van der Waals surface area (Å²) < 4.78 is 2.02. The lowest BCUT2D eigenvalue weighted by atomic mass is 9.90. The summed E-state index contributed by atoms with van der Waals surface area (Å²) in [6.07, 6.45) is 5.96. The van der Waals surface area contributed by atoms with Gasteiger partial charge in [0, 0.05) is 22.8 Å². The number of anilines is 1. The molecule has 4 aromatic rings. The molecule has 6 rings (SSSR count). The highest BCUT2D eigenvalue weighted by Gasteiger charge is 2.54. The number of aromatic hydroxyl groups is 2. The van der Waals surface area contributed by atoms with Crippen molar-refractivity contribution in [1.82, 2.24) is 15.2 Å². The number of carboxylic acids is 2. The van der Waals surface area contributed by atoms with Crippen LogP contribution in [-0.4, -0.2) is 77.4 Å². The summed E-state index contributed by atoms with van der Waals surface area (Å²) >= 11 is 15.9. The van der Waals surface area contributed by atoms with Crippen LogP contribution in [-0.2, 0) is 36.2 Å². The van der Waals surface area contributed by atoms with Crippen molar-refractivity contribution in [3.63, 3.8) is 0 Å². The number of pyridine rings is 1. The summed E-state index contributed by atoms with van der Waals surface area (Å²) in [5.74, 6) is -6.25. The Morgan fingerprint density at radius 1 is 1.22 bits per heavy atom. The van der Waals surface area contributed by atoms with Crippen molar-refractivity contribution in [3.8, 4) is 11.5 Å². The van der Waals surface area contributed by atoms with Crippen molar-refractivity contribution < 1.29 is 49.0 Å². The SMILES string of the molecule is Nc1nc(C(ON=CC(=O)NC2C(=O)N3C(C(=O)O)=C(C=CC[n+]4cccc5ccsc54)CS[C@H]23)(C(=O)O)c2cc(Cl)c(O)c(O)c2Cl)cs1. The van der Waals surface area contributed by atoms with E-state index in [1.165, 1.54) is 17.1 Å². The average Bonchev–Trinajstić information content (AvgIpc) is 3.75. The number of aromatic nitrogens is 2. The number of nitrogens with zero attached hydrogens (tertiary/aromatic N) is 4. The Hall–Kier alpha value is -4.88. The van der Waals surface area contributed by atoms with Crippen molar-refractivity contribution in [2.45, 2.75) is 23.6 Å². The second kappa shape index (κ2) is 13.8. The Morgan fingerprint density at radius 3 is 2.70 bits per heavy atom. The number of rotatable bonds is 11. The van der Waals surface area contributed by atoms with Crippen LogP contribution in [0.5, 0.6) is 11.5 Å². The van der Waals surface area contributed by atoms with E-state index >= 15 is 0 Å². The summed E-state index contributed by atoms with van der Waals surface area (Å²) in [6.45, 7) is 0.475. The molecule has 3 atom stereocenters. The molecular formula is C30H23Cl2N6O9S3+. The molecule has 20 heteroatoms. The van der Waals surface area contributed by atoms with Gasteiger partial charge in [0.1, 0.15) is 29.0 Å². The molecule has 2 aliphatic heterocycles. The topological polar surface area (TPSA) is 229 Å². The molecule has 0 spiro atoms. The molecule has 2 unspecified atom stereocenters. The van der Waals surface area contributed by atoms with Gasteiger partial charge < -0.3 is 36.3 Å². The number of carbonyl (C=O) groups is 4. The Balaban J connectivity index is 1.19. The van der Waals surface area contributed by atoms with Crippen LogP contribution in [0.4, 0.5) is 5.13 Å². The number of hydrogen-bond acceptors (Lipinski definition) is 13. The van der Waals surface area contributed by atoms with E-state index in [4.69, 9.17) is 33.8 Å². The molecular weight excluding hydrogens is 755 g/mol. The number of allylic oxidation sites excluding steroid dienone is 2. The monoisotopic (exact) mass is 777 g/mol. The zero-order valence-electron chi connectivity index (χ0n) is 25.0. The number of aliphatic carboxylic acids is 2. The lowest BCUT2D eigenvalue weighted by Gasteiger charge is -2.49. The maximum atomic E-state index is 13.2. The first-order valence-corrected chi connectivity index (χ1v) is 17.7. The Morgan fingerprint density at radius 2 is 2.00 bits per heavy atom. The molecule has 0 aliphatic carbocycles. The second-order valence-electron chi connectivity index (χ2n) is 10.6. The number of thioether (sulfide) groups is 1. The number of oxime groups is 1. The minimum atomic E-state index is -2.72. The quantitative estimate of drug-likeness (QED) is 0.0424. The predicted molar refractivity (Wildman–Crippen MR) is 185 cm³/mol. The molecule has 2 aliphatic rings. The second-order valence-corrected chi connectivity index (χ2v) is 14.3. The number of amides is 2. The summed E-state index contributed by atoms with van der Waals surface area (Å²) in [5, 5.41) is 48.9. The van der Waals surface area contributed by atoms with Crippen molar-refractivity contribution in [1.29, 1.82) is 0 Å². The number of thiophene rings is 1. The maximum Gasteiger partial charge on any atom is 0.362 e. The Bertz CT molecular complexity index is 2170. The van der Waals surface area contributed by atoms with E-state index in [9.17, 15) is 39.6 Å². The lowest BCUT2D eigenvalue weighted by Crippen LogP contribution is -2.70. The lowest BCUT2D eigenvalue weighted by molar-refractivity contribution is -0.658. The van der Waals surface area contributed by atoms with Crippen LogP contribution in [0, 0.1) is 0 Å². The third kappa shape index (κ3) is 6.09. The number of β-lactam (4-membered cyclic amide) rings is 1. The van der Waals surface area contributed by atoms with Gasteiger partial charge in [-0.1, -0.05) is 45.8 Å². The van der Waals surface area contributed by atoms with Crippen LogP contribution >= 0.6 is 57.6 Å². The molecule has 0 saturated carbocycles. The van der Waals surface area contributed by atoms with E-state index < -0.39 is 67.9 Å². The van der Waals surface area contributed by atoms with Gasteiger partial charge in [-0.25, -0.2) is 14.6 Å². The number of halogens is 2. The summed E-state index contributed by atoms with van der Waals surface area (Å²) in [7, 11) is 0. The minimum Gasteiger partial charge on any atom is -0.503 e. The highest BCUT2D eigenvalue weighted by atomic mass is 35.5. The predicted octanol–water partition coefficient (Wildman–Crippen LogP) is 3.27. The molecule has 7 N–H and O–H groups in total. The Kier molecular flexibility index (Phi) is 9.65. The molecule has 15 nitrogen and oxygen atoms in total. The number of phenols is 2. The van der Waals surface area contributed by atoms with Gasteiger partial charge in [-0.3, -0.25) is 14.5 Å². The van der Waals surface area contributed by atoms with Gasteiger partial charge in [-0.2, -0.15) is 4.57 Å². The number of fused-ring (bicyclic) bond motifs is 2. The van der Waals surface area contributed by atoms with Crippen molar-refractivity contribution in [3.05, 3.63) is 85.9 Å². The number of nitrogens with two attached hydrogens (primary N) is 1. The number of carboxylic acid groups (broad SMARTS) is 2. The fourth-order valence-electron chi connectivity index (χ4n) is 5.36. The fourth-order valence-corrected chi connectivity index (χ4v) is 8.65. The number of phenolic OH excluding ortho intramolecular Hbond substituents is 2. The van der Waals surface area contributed by atoms with E-state index in [2.05, 4.69) is 15.5 Å². The third-order valence-electron chi connectivity index (χ3n) is 7.68. The Labute approximate surface area is 303 Å². The third-order valence-corrected chi connectivity index (χ3v) is 11.3. The average molecular weight is 779 g/mol. The summed E-state index contributed by atoms with van der Waals surface area (Å²) in [5.41, 5.74) is 2.38. The summed E-state index contributed by atoms with van der Waals surface area (Å²) in [6, 6.07) is 5.71. The smallest absolute Gasteiger partial charge is 0.362 e. The van der Waals surface area contributed by atoms with Gasteiger partial charge in [-0.05, 0) is 35.2 Å². The minimum absolute atomic E-state index is 0.0671. The van der Waals surface area contributed by atoms with E-state index in [1.54, 1.807) is 17.4 Å². The number of nitrogen functional groups attached to an aromatic ring is 1. The van der Waals surface area contributed by atoms with Gasteiger partial charge in [0.05, 0.1) is 15.4 Å². The van der Waals surface area contributed by atoms with Crippen LogP contribution in [0.1, 0.15) is 11.3 Å². The molecule has 3 aromatic heterocycles. The highest BCUT2D eigenvalue weighted by Crippen LogP contribution is 2.48. The summed E-state index contributed by atoms with van der Waals surface area (Å²) in [4.78, 5) is 62.6. The first-order valence-electron chi connectivity index (χ1n) is 14.2. The van der Waals surface area contributed by atoms with Gasteiger partial charge in [0.15, 0.2) is 29.4 Å². The number of hydrogen-bond donors (Lipinski definition) is 6. The van der Waals surface area contributed by atoms with Crippen LogP contribution in [0.25, 0.3) is 10.2 Å². The van der Waals surface area contributed by atoms with Gasteiger partial charge in [-0.15, -0.1) is 23.1 Å². The highest BCUT2D eigenvalue weighted by molar-refractivity contribution is 8.00. The zero-order valence-corrected chi connectivity index (χ0v) is 29.0. The first-order chi connectivity index (χ1) is 23.8. The van der Waals surface area contributed by atoms with Crippen molar-refractivity contribution >= 4 is 103 Å². The van der Waals surface area contributed by atoms with E-state index in [0.717, 1.165) is 32.5 Å². The molecule has 0 bridgehead atoms. The number of benzene rings is 1. The normalized spacial score (nSPS) is 18.7. The van der Waals surface area contributed by atoms with Gasteiger partial charge >= 0.3 is 17.5 Å². The van der Waals surface area contributed by atoms with Gasteiger partial charge in [0.25, 0.3) is 16.6 Å². The molecule has 1 aromatic carbocycles. The van der Waals surface area contributed by atoms with Crippen LogP contribution < -0.4 is 15.6 Å². The fraction of sp³-hybridized carbons (Fsp3) is 0.167. The first kappa shape index (κ1) is 35.0. The van der Waals surface area contributed by atoms with Crippen LogP contribution in [0.3, 0.4) is 0 Å². The molecule has 50 heavy (non-hydrogen) atoms. The molecule has 1 fully saturated rings.